The summed E-state index contributed by atoms with van der Waals surface area (Å²) in [5.74, 6) is 0. The Bertz CT molecular complexity index is 448. The van der Waals surface area contributed by atoms with Crippen LogP contribution in [0.3, 0.4) is 0 Å². The van der Waals surface area contributed by atoms with Crippen LogP contribution in [0.2, 0.25) is 0 Å². The largest absolute Gasteiger partial charge is 0.328 e. The maximum atomic E-state index is 11.7. The molecule has 0 bridgehead atoms. The number of aromatic amines is 1. The van der Waals surface area contributed by atoms with Crippen LogP contribution in [0.25, 0.3) is 0 Å². The summed E-state index contributed by atoms with van der Waals surface area (Å²) in [5.41, 5.74) is -0.642. The van der Waals surface area contributed by atoms with Crippen molar-refractivity contribution in [3.05, 3.63) is 31.5 Å². The van der Waals surface area contributed by atoms with Gasteiger partial charge >= 0.3 is 5.69 Å². The molecule has 0 aromatic carbocycles. The van der Waals surface area contributed by atoms with Gasteiger partial charge in [0.1, 0.15) is 0 Å². The first kappa shape index (κ1) is 13.2. The second-order valence-electron chi connectivity index (χ2n) is 3.43. The fraction of sp³-hybridized carbons (Fsp3) is 0.600. The number of nitrogens with zero attached hydrogens (tertiary/aromatic N) is 2. The van der Waals surface area contributed by atoms with Crippen molar-refractivity contribution in [1.29, 1.82) is 0 Å². The third kappa shape index (κ3) is 3.05. The highest BCUT2D eigenvalue weighted by molar-refractivity contribution is 9.10. The van der Waals surface area contributed by atoms with Gasteiger partial charge in [0.25, 0.3) is 5.56 Å². The van der Waals surface area contributed by atoms with E-state index in [1.807, 2.05) is 0 Å². The van der Waals surface area contributed by atoms with Gasteiger partial charge in [0, 0.05) is 19.3 Å². The molecule has 0 aliphatic carbocycles. The molecule has 0 atom stereocenters. The van der Waals surface area contributed by atoms with Crippen LogP contribution in [0.4, 0.5) is 0 Å². The van der Waals surface area contributed by atoms with E-state index in [4.69, 9.17) is 0 Å². The lowest BCUT2D eigenvalue weighted by Crippen LogP contribution is -2.39. The number of rotatable bonds is 5. The molecule has 0 aliphatic rings. The van der Waals surface area contributed by atoms with E-state index in [1.165, 1.54) is 10.8 Å². The average molecular weight is 290 g/mol. The minimum absolute atomic E-state index is 0.282. The smallest absolute Gasteiger partial charge is 0.313 e. The Balaban J connectivity index is 2.86. The Morgan fingerprint density at radius 1 is 1.38 bits per heavy atom. The SMILES string of the molecule is CCN(CC)CCn1c(=O)[nH]cc(Br)c1=O. The van der Waals surface area contributed by atoms with E-state index in [2.05, 4.69) is 39.7 Å². The molecule has 0 unspecified atom stereocenters. The van der Waals surface area contributed by atoms with Gasteiger partial charge in [0.05, 0.1) is 4.47 Å². The summed E-state index contributed by atoms with van der Waals surface area (Å²) in [6.07, 6.45) is 1.37. The van der Waals surface area contributed by atoms with Gasteiger partial charge in [-0.2, -0.15) is 0 Å². The molecule has 0 saturated heterocycles. The Hall–Kier alpha value is -0.880. The van der Waals surface area contributed by atoms with Crippen LogP contribution in [0.1, 0.15) is 13.8 Å². The van der Waals surface area contributed by atoms with Crippen molar-refractivity contribution in [2.75, 3.05) is 19.6 Å². The van der Waals surface area contributed by atoms with E-state index < -0.39 is 0 Å². The second kappa shape index (κ2) is 6.00. The topological polar surface area (TPSA) is 58.1 Å². The van der Waals surface area contributed by atoms with Gasteiger partial charge in [-0.15, -0.1) is 0 Å². The molecule has 0 amide bonds. The molecule has 5 nitrogen and oxygen atoms in total. The number of hydrogen-bond acceptors (Lipinski definition) is 3. The summed E-state index contributed by atoms with van der Waals surface area (Å²) in [7, 11) is 0. The first-order valence-electron chi connectivity index (χ1n) is 5.30. The van der Waals surface area contributed by atoms with Crippen LogP contribution in [0.5, 0.6) is 0 Å². The highest BCUT2D eigenvalue weighted by Crippen LogP contribution is 1.96. The summed E-state index contributed by atoms with van der Waals surface area (Å²) in [6, 6.07) is 0. The third-order valence-electron chi connectivity index (χ3n) is 2.55. The van der Waals surface area contributed by atoms with Crippen molar-refractivity contribution in [2.45, 2.75) is 20.4 Å². The summed E-state index contributed by atoms with van der Waals surface area (Å²) in [5, 5.41) is 0. The lowest BCUT2D eigenvalue weighted by atomic mass is 10.4. The van der Waals surface area contributed by atoms with Gasteiger partial charge in [-0.3, -0.25) is 9.36 Å². The lowest BCUT2D eigenvalue weighted by molar-refractivity contribution is 0.287. The summed E-state index contributed by atoms with van der Waals surface area (Å²) in [4.78, 5) is 27.8. The maximum absolute atomic E-state index is 11.7. The van der Waals surface area contributed by atoms with Crippen LogP contribution in [-0.2, 0) is 6.54 Å². The molecule has 0 radical (unpaired) electrons. The zero-order valence-electron chi connectivity index (χ0n) is 9.49. The van der Waals surface area contributed by atoms with E-state index in [0.29, 0.717) is 17.6 Å². The van der Waals surface area contributed by atoms with Crippen LogP contribution in [0.15, 0.2) is 20.3 Å². The van der Waals surface area contributed by atoms with Gasteiger partial charge in [0.15, 0.2) is 0 Å². The molecule has 0 fully saturated rings. The quantitative estimate of drug-likeness (QED) is 0.866. The molecule has 1 heterocycles. The van der Waals surface area contributed by atoms with Crippen molar-refractivity contribution in [2.24, 2.45) is 0 Å². The fourth-order valence-corrected chi connectivity index (χ4v) is 1.80. The minimum atomic E-state index is -0.361. The molecule has 16 heavy (non-hydrogen) atoms. The average Bonchev–Trinajstić information content (AvgIpc) is 2.29. The third-order valence-corrected chi connectivity index (χ3v) is 3.12. The number of likely N-dealkylation sites (N-methyl/N-ethyl adjacent to an activating group) is 1. The van der Waals surface area contributed by atoms with Gasteiger partial charge in [0.2, 0.25) is 0 Å². The van der Waals surface area contributed by atoms with Gasteiger partial charge in [-0.25, -0.2) is 4.79 Å². The second-order valence-corrected chi connectivity index (χ2v) is 4.28. The zero-order valence-corrected chi connectivity index (χ0v) is 11.1. The molecule has 6 heteroatoms. The van der Waals surface area contributed by atoms with E-state index in [1.54, 1.807) is 0 Å². The van der Waals surface area contributed by atoms with Gasteiger partial charge < -0.3 is 9.88 Å². The Kier molecular flexibility index (Phi) is 4.95. The van der Waals surface area contributed by atoms with Crippen molar-refractivity contribution in [1.82, 2.24) is 14.5 Å². The predicted octanol–water partition coefficient (Wildman–Crippen LogP) is 0.641. The molecule has 90 valence electrons. The summed E-state index contributed by atoms with van der Waals surface area (Å²) < 4.78 is 1.59. The predicted molar refractivity (Wildman–Crippen MR) is 66.8 cm³/mol. The highest BCUT2D eigenvalue weighted by Gasteiger charge is 2.06. The molecule has 1 aromatic rings. The maximum Gasteiger partial charge on any atom is 0.328 e. The van der Waals surface area contributed by atoms with Crippen LogP contribution < -0.4 is 11.2 Å². The lowest BCUT2D eigenvalue weighted by Gasteiger charge is -2.17. The highest BCUT2D eigenvalue weighted by atomic mass is 79.9. The molecular weight excluding hydrogens is 274 g/mol. The number of nitrogens with one attached hydrogen (secondary N) is 1. The van der Waals surface area contributed by atoms with Crippen LogP contribution in [-0.4, -0.2) is 34.1 Å². The normalized spacial score (nSPS) is 11.0. The molecule has 1 rings (SSSR count). The molecular formula is C10H16BrN3O2. The number of hydrogen-bond donors (Lipinski definition) is 1. The number of halogens is 1. The number of aromatic nitrogens is 2. The first-order valence-corrected chi connectivity index (χ1v) is 6.09. The Labute approximate surface area is 102 Å². The molecule has 0 saturated carbocycles. The van der Waals surface area contributed by atoms with E-state index in [9.17, 15) is 9.59 Å². The van der Waals surface area contributed by atoms with Gasteiger partial charge in [-0.1, -0.05) is 13.8 Å². The molecule has 0 spiro atoms. The monoisotopic (exact) mass is 289 g/mol. The standard InChI is InChI=1S/C10H16BrN3O2/c1-3-13(4-2)5-6-14-9(15)8(11)7-12-10(14)16/h7H,3-6H2,1-2H3,(H,12,16). The van der Waals surface area contributed by atoms with Crippen molar-refractivity contribution in [3.8, 4) is 0 Å². The summed E-state index contributed by atoms with van der Waals surface area (Å²) in [6.45, 7) is 7.05. The molecule has 1 N–H and O–H groups in total. The Morgan fingerprint density at radius 3 is 2.56 bits per heavy atom. The van der Waals surface area contributed by atoms with Crippen molar-refractivity contribution >= 4 is 15.9 Å². The van der Waals surface area contributed by atoms with Gasteiger partial charge in [-0.05, 0) is 29.0 Å². The van der Waals surface area contributed by atoms with Crippen LogP contribution >= 0.6 is 15.9 Å². The van der Waals surface area contributed by atoms with Crippen LogP contribution in [0, 0.1) is 0 Å². The van der Waals surface area contributed by atoms with Crippen molar-refractivity contribution < 1.29 is 0 Å². The Morgan fingerprint density at radius 2 is 2.00 bits per heavy atom. The zero-order chi connectivity index (χ0) is 12.1. The summed E-state index contributed by atoms with van der Waals surface area (Å²) >= 11 is 3.10. The fourth-order valence-electron chi connectivity index (χ4n) is 1.47. The first-order chi connectivity index (χ1) is 7.60. The van der Waals surface area contributed by atoms with E-state index in [-0.39, 0.29) is 11.2 Å². The van der Waals surface area contributed by atoms with E-state index >= 15 is 0 Å². The minimum Gasteiger partial charge on any atom is -0.313 e. The number of H-pyrrole nitrogens is 1. The van der Waals surface area contributed by atoms with Crippen molar-refractivity contribution in [3.63, 3.8) is 0 Å². The molecule has 0 aliphatic heterocycles. The molecule has 1 aromatic heterocycles. The van der Waals surface area contributed by atoms with E-state index in [0.717, 1.165) is 13.1 Å².